The van der Waals surface area contributed by atoms with Gasteiger partial charge in [-0.2, -0.15) is 5.10 Å². The molecule has 0 aliphatic carbocycles. The molecule has 0 fully saturated rings. The summed E-state index contributed by atoms with van der Waals surface area (Å²) in [5.74, 6) is 0. The first-order valence-corrected chi connectivity index (χ1v) is 6.50. The first-order valence-electron chi connectivity index (χ1n) is 5.24. The van der Waals surface area contributed by atoms with Gasteiger partial charge in [0.25, 0.3) is 0 Å². The second-order valence-electron chi connectivity index (χ2n) is 3.95. The van der Waals surface area contributed by atoms with Gasteiger partial charge in [0.05, 0.1) is 23.0 Å². The first-order chi connectivity index (χ1) is 7.77. The monoisotopic (exact) mass is 253 g/mol. The Morgan fingerprint density at radius 3 is 3.25 bits per heavy atom. The zero-order valence-electron chi connectivity index (χ0n) is 8.90. The molecule has 1 aliphatic heterocycles. The minimum atomic E-state index is 0.198. The van der Waals surface area contributed by atoms with Crippen LogP contribution >= 0.6 is 22.9 Å². The number of thiophene rings is 1. The first kappa shape index (κ1) is 10.3. The molecular weight excluding hydrogens is 242 g/mol. The molecule has 1 aliphatic rings. The van der Waals surface area contributed by atoms with Gasteiger partial charge in [-0.1, -0.05) is 11.6 Å². The van der Waals surface area contributed by atoms with Crippen LogP contribution in [0.4, 0.5) is 0 Å². The number of aromatic nitrogens is 2. The van der Waals surface area contributed by atoms with E-state index < -0.39 is 0 Å². The van der Waals surface area contributed by atoms with Crippen molar-refractivity contribution in [2.24, 2.45) is 7.05 Å². The van der Waals surface area contributed by atoms with Gasteiger partial charge in [-0.05, 0) is 23.4 Å². The third-order valence-electron chi connectivity index (χ3n) is 3.00. The average molecular weight is 254 g/mol. The summed E-state index contributed by atoms with van der Waals surface area (Å²) in [6.07, 6.45) is 2.81. The molecule has 0 bridgehead atoms. The maximum absolute atomic E-state index is 6.19. The van der Waals surface area contributed by atoms with Crippen LogP contribution < -0.4 is 5.32 Å². The Morgan fingerprint density at radius 1 is 1.62 bits per heavy atom. The molecule has 2 aromatic heterocycles. The predicted octanol–water partition coefficient (Wildman–Crippen LogP) is 2.37. The number of hydrogen-bond donors (Lipinski definition) is 1. The molecule has 0 spiro atoms. The number of nitrogens with zero attached hydrogens (tertiary/aromatic N) is 2. The molecular formula is C11H12ClN3S. The molecule has 16 heavy (non-hydrogen) atoms. The van der Waals surface area contributed by atoms with Crippen LogP contribution in [0.1, 0.15) is 22.2 Å². The van der Waals surface area contributed by atoms with E-state index in [0.717, 1.165) is 23.7 Å². The Hall–Kier alpha value is -0.840. The summed E-state index contributed by atoms with van der Waals surface area (Å²) in [5, 5.41) is 10.6. The van der Waals surface area contributed by atoms with Crippen molar-refractivity contribution >= 4 is 22.9 Å². The Balaban J connectivity index is 2.10. The van der Waals surface area contributed by atoms with E-state index >= 15 is 0 Å². The molecule has 0 saturated heterocycles. The highest BCUT2D eigenvalue weighted by molar-refractivity contribution is 7.10. The maximum Gasteiger partial charge on any atom is 0.0859 e. The summed E-state index contributed by atoms with van der Waals surface area (Å²) in [5.41, 5.74) is 2.50. The molecule has 1 N–H and O–H groups in total. The van der Waals surface area contributed by atoms with Crippen molar-refractivity contribution in [1.82, 2.24) is 15.1 Å². The van der Waals surface area contributed by atoms with E-state index in [1.54, 1.807) is 17.5 Å². The molecule has 1 unspecified atom stereocenters. The van der Waals surface area contributed by atoms with Gasteiger partial charge < -0.3 is 5.32 Å². The molecule has 5 heteroatoms. The highest BCUT2D eigenvalue weighted by Gasteiger charge is 2.26. The third kappa shape index (κ3) is 1.49. The number of aryl methyl sites for hydroxylation is 1. The van der Waals surface area contributed by atoms with E-state index in [9.17, 15) is 0 Å². The Labute approximate surface area is 103 Å². The maximum atomic E-state index is 6.19. The summed E-state index contributed by atoms with van der Waals surface area (Å²) in [6, 6.07) is 2.40. The zero-order chi connectivity index (χ0) is 11.1. The van der Waals surface area contributed by atoms with Crippen LogP contribution in [0, 0.1) is 0 Å². The smallest absolute Gasteiger partial charge is 0.0859 e. The number of fused-ring (bicyclic) bond motifs is 1. The van der Waals surface area contributed by atoms with E-state index in [1.165, 1.54) is 10.4 Å². The summed E-state index contributed by atoms with van der Waals surface area (Å²) >= 11 is 7.98. The number of hydrogen-bond acceptors (Lipinski definition) is 3. The molecule has 0 amide bonds. The van der Waals surface area contributed by atoms with Crippen LogP contribution in [0.15, 0.2) is 17.6 Å². The molecule has 0 saturated carbocycles. The van der Waals surface area contributed by atoms with Gasteiger partial charge in [0.15, 0.2) is 0 Å². The standard InChI is InChI=1S/C11H12ClN3S/c1-15-10(8(12)6-14-15)9-11-7(2-4-13-9)3-5-16-11/h3,5-6,9,13H,2,4H2,1H3. The lowest BCUT2D eigenvalue weighted by Crippen LogP contribution is -2.30. The average Bonchev–Trinajstić information content (AvgIpc) is 2.86. The van der Waals surface area contributed by atoms with Crippen molar-refractivity contribution in [3.05, 3.63) is 38.8 Å². The minimum absolute atomic E-state index is 0.198. The van der Waals surface area contributed by atoms with E-state index in [4.69, 9.17) is 11.6 Å². The van der Waals surface area contributed by atoms with Gasteiger partial charge >= 0.3 is 0 Å². The fraction of sp³-hybridized carbons (Fsp3) is 0.364. The van der Waals surface area contributed by atoms with Crippen molar-refractivity contribution in [2.45, 2.75) is 12.5 Å². The highest BCUT2D eigenvalue weighted by atomic mass is 35.5. The number of nitrogens with one attached hydrogen (secondary N) is 1. The fourth-order valence-electron chi connectivity index (χ4n) is 2.22. The fourth-order valence-corrected chi connectivity index (χ4v) is 3.52. The Morgan fingerprint density at radius 2 is 2.50 bits per heavy atom. The van der Waals surface area contributed by atoms with Gasteiger partial charge in [0, 0.05) is 18.5 Å². The van der Waals surface area contributed by atoms with Gasteiger partial charge in [0.1, 0.15) is 0 Å². The van der Waals surface area contributed by atoms with E-state index in [-0.39, 0.29) is 6.04 Å². The highest BCUT2D eigenvalue weighted by Crippen LogP contribution is 2.35. The van der Waals surface area contributed by atoms with Crippen molar-refractivity contribution in [3.8, 4) is 0 Å². The molecule has 0 radical (unpaired) electrons. The van der Waals surface area contributed by atoms with Gasteiger partial charge in [0.2, 0.25) is 0 Å². The van der Waals surface area contributed by atoms with Crippen molar-refractivity contribution in [1.29, 1.82) is 0 Å². The topological polar surface area (TPSA) is 29.9 Å². The van der Waals surface area contributed by atoms with Crippen LogP contribution in [0.3, 0.4) is 0 Å². The summed E-state index contributed by atoms with van der Waals surface area (Å²) in [7, 11) is 1.94. The van der Waals surface area contributed by atoms with Crippen LogP contribution in [0.5, 0.6) is 0 Å². The molecule has 2 aromatic rings. The van der Waals surface area contributed by atoms with Crippen LogP contribution in [0.2, 0.25) is 5.02 Å². The molecule has 0 aromatic carbocycles. The largest absolute Gasteiger partial charge is 0.304 e. The third-order valence-corrected chi connectivity index (χ3v) is 4.31. The Kier molecular flexibility index (Phi) is 2.50. The van der Waals surface area contributed by atoms with E-state index in [1.807, 2.05) is 11.7 Å². The minimum Gasteiger partial charge on any atom is -0.304 e. The second kappa shape index (κ2) is 3.87. The lowest BCUT2D eigenvalue weighted by atomic mass is 10.0. The van der Waals surface area contributed by atoms with Crippen LogP contribution in [-0.4, -0.2) is 16.3 Å². The second-order valence-corrected chi connectivity index (χ2v) is 5.30. The quantitative estimate of drug-likeness (QED) is 0.846. The van der Waals surface area contributed by atoms with E-state index in [2.05, 4.69) is 21.9 Å². The normalized spacial score (nSPS) is 19.8. The summed E-state index contributed by atoms with van der Waals surface area (Å²) in [6.45, 7) is 0.996. The predicted molar refractivity (Wildman–Crippen MR) is 66.1 cm³/mol. The summed E-state index contributed by atoms with van der Waals surface area (Å²) < 4.78 is 1.86. The lowest BCUT2D eigenvalue weighted by molar-refractivity contribution is 0.538. The molecule has 3 rings (SSSR count). The van der Waals surface area contributed by atoms with Gasteiger partial charge in [-0.3, -0.25) is 4.68 Å². The molecule has 84 valence electrons. The van der Waals surface area contributed by atoms with Crippen LogP contribution in [0.25, 0.3) is 0 Å². The van der Waals surface area contributed by atoms with Crippen molar-refractivity contribution < 1.29 is 0 Å². The lowest BCUT2D eigenvalue weighted by Gasteiger charge is -2.24. The number of halogens is 1. The van der Waals surface area contributed by atoms with Crippen molar-refractivity contribution in [2.75, 3.05) is 6.54 Å². The summed E-state index contributed by atoms with van der Waals surface area (Å²) in [4.78, 5) is 1.37. The number of rotatable bonds is 1. The SMILES string of the molecule is Cn1ncc(Cl)c1C1NCCc2ccsc21. The molecule has 3 nitrogen and oxygen atoms in total. The van der Waals surface area contributed by atoms with Gasteiger partial charge in [-0.25, -0.2) is 0 Å². The van der Waals surface area contributed by atoms with Gasteiger partial charge in [-0.15, -0.1) is 11.3 Å². The van der Waals surface area contributed by atoms with Crippen LogP contribution in [-0.2, 0) is 13.5 Å². The zero-order valence-corrected chi connectivity index (χ0v) is 10.5. The van der Waals surface area contributed by atoms with E-state index in [0.29, 0.717) is 0 Å². The van der Waals surface area contributed by atoms with Crippen molar-refractivity contribution in [3.63, 3.8) is 0 Å². The molecule has 3 heterocycles. The molecule has 1 atom stereocenters. The Bertz CT molecular complexity index is 498.